The van der Waals surface area contributed by atoms with E-state index in [1.54, 1.807) is 25.3 Å². The summed E-state index contributed by atoms with van der Waals surface area (Å²) in [6.07, 6.45) is 0.150. The highest BCUT2D eigenvalue weighted by Gasteiger charge is 2.10. The lowest BCUT2D eigenvalue weighted by molar-refractivity contribution is 0.0552. The molecule has 0 aromatic heterocycles. The van der Waals surface area contributed by atoms with Gasteiger partial charge in [0.25, 0.3) is 0 Å². The number of ether oxygens (including phenoxy) is 3. The topological polar surface area (TPSA) is 86.3 Å². The van der Waals surface area contributed by atoms with Crippen molar-refractivity contribution < 1.29 is 19.4 Å². The molecule has 0 saturated carbocycles. The first-order chi connectivity index (χ1) is 9.08. The fourth-order valence-corrected chi connectivity index (χ4v) is 1.45. The molecule has 0 radical (unpaired) electrons. The van der Waals surface area contributed by atoms with E-state index in [1.165, 1.54) is 0 Å². The van der Waals surface area contributed by atoms with Crippen molar-refractivity contribution in [3.8, 4) is 11.5 Å². The van der Waals surface area contributed by atoms with Gasteiger partial charge in [0, 0.05) is 6.07 Å². The maximum atomic E-state index is 8.73. The van der Waals surface area contributed by atoms with Gasteiger partial charge in [0.2, 0.25) is 0 Å². The Morgan fingerprint density at radius 1 is 1.37 bits per heavy atom. The average Bonchev–Trinajstić information content (AvgIpc) is 2.42. The van der Waals surface area contributed by atoms with E-state index in [1.807, 2.05) is 13.8 Å². The molecular weight excluding hydrogens is 248 g/mol. The highest BCUT2D eigenvalue weighted by Crippen LogP contribution is 2.24. The standard InChI is InChI=1S/C13H20N2O4/c1-9(2)18-6-7-19-12-8-10(17-3)4-5-11(12)13(14)15-16/h4-5,8-9,16H,6-7H2,1-3H3,(H2,14,15). The molecule has 6 nitrogen and oxygen atoms in total. The van der Waals surface area contributed by atoms with Gasteiger partial charge in [-0.05, 0) is 26.0 Å². The van der Waals surface area contributed by atoms with Gasteiger partial charge >= 0.3 is 0 Å². The van der Waals surface area contributed by atoms with Crippen molar-refractivity contribution >= 4 is 5.84 Å². The number of rotatable bonds is 7. The van der Waals surface area contributed by atoms with Crippen molar-refractivity contribution in [2.24, 2.45) is 10.9 Å². The van der Waals surface area contributed by atoms with Crippen LogP contribution in [0, 0.1) is 0 Å². The van der Waals surface area contributed by atoms with Crippen LogP contribution in [0.5, 0.6) is 11.5 Å². The van der Waals surface area contributed by atoms with Crippen LogP contribution in [-0.2, 0) is 4.74 Å². The van der Waals surface area contributed by atoms with Crippen LogP contribution >= 0.6 is 0 Å². The minimum absolute atomic E-state index is 0.0116. The van der Waals surface area contributed by atoms with Crippen molar-refractivity contribution in [3.05, 3.63) is 23.8 Å². The summed E-state index contributed by atoms with van der Waals surface area (Å²) in [5.74, 6) is 1.11. The zero-order valence-electron chi connectivity index (χ0n) is 11.4. The third-order valence-corrected chi connectivity index (χ3v) is 2.36. The molecule has 0 heterocycles. The van der Waals surface area contributed by atoms with Crippen LogP contribution in [0.15, 0.2) is 23.4 Å². The zero-order chi connectivity index (χ0) is 14.3. The Bertz CT molecular complexity index is 433. The molecule has 0 aliphatic rings. The lowest BCUT2D eigenvalue weighted by atomic mass is 10.2. The third-order valence-electron chi connectivity index (χ3n) is 2.36. The number of nitrogens with two attached hydrogens (primary N) is 1. The molecule has 0 bridgehead atoms. The van der Waals surface area contributed by atoms with E-state index in [2.05, 4.69) is 5.16 Å². The number of methoxy groups -OCH3 is 1. The maximum absolute atomic E-state index is 8.73. The molecule has 1 aromatic rings. The summed E-state index contributed by atoms with van der Waals surface area (Å²) < 4.78 is 16.1. The fraction of sp³-hybridized carbons (Fsp3) is 0.462. The van der Waals surface area contributed by atoms with Crippen LogP contribution in [0.25, 0.3) is 0 Å². The molecule has 0 amide bonds. The summed E-state index contributed by atoms with van der Waals surface area (Å²) in [5, 5.41) is 11.7. The first kappa shape index (κ1) is 15.1. The van der Waals surface area contributed by atoms with E-state index < -0.39 is 0 Å². The largest absolute Gasteiger partial charge is 0.497 e. The number of nitrogens with zero attached hydrogens (tertiary/aromatic N) is 1. The van der Waals surface area contributed by atoms with E-state index in [0.29, 0.717) is 30.3 Å². The van der Waals surface area contributed by atoms with Gasteiger partial charge in [0.15, 0.2) is 5.84 Å². The van der Waals surface area contributed by atoms with Crippen LogP contribution in [0.2, 0.25) is 0 Å². The number of benzene rings is 1. The van der Waals surface area contributed by atoms with Crippen molar-refractivity contribution in [1.29, 1.82) is 0 Å². The summed E-state index contributed by atoms with van der Waals surface area (Å²) in [4.78, 5) is 0. The Balaban J connectivity index is 2.77. The number of hydrogen-bond donors (Lipinski definition) is 2. The average molecular weight is 268 g/mol. The Morgan fingerprint density at radius 2 is 2.11 bits per heavy atom. The number of amidine groups is 1. The molecule has 0 unspecified atom stereocenters. The van der Waals surface area contributed by atoms with Gasteiger partial charge in [0.05, 0.1) is 25.4 Å². The lowest BCUT2D eigenvalue weighted by Gasteiger charge is -2.13. The minimum Gasteiger partial charge on any atom is -0.497 e. The van der Waals surface area contributed by atoms with Crippen molar-refractivity contribution in [2.75, 3.05) is 20.3 Å². The number of hydrogen-bond acceptors (Lipinski definition) is 5. The normalized spacial score (nSPS) is 11.7. The van der Waals surface area contributed by atoms with Gasteiger partial charge in [0.1, 0.15) is 18.1 Å². The van der Waals surface area contributed by atoms with Gasteiger partial charge in [-0.1, -0.05) is 5.16 Å². The van der Waals surface area contributed by atoms with Crippen LogP contribution in [0.3, 0.4) is 0 Å². The third kappa shape index (κ3) is 4.67. The molecular formula is C13H20N2O4. The van der Waals surface area contributed by atoms with Crippen LogP contribution < -0.4 is 15.2 Å². The summed E-state index contributed by atoms with van der Waals surface area (Å²) in [7, 11) is 1.56. The molecule has 0 saturated heterocycles. The van der Waals surface area contributed by atoms with Gasteiger partial charge in [-0.3, -0.25) is 0 Å². The second-order valence-electron chi connectivity index (χ2n) is 4.12. The molecule has 3 N–H and O–H groups in total. The first-order valence-electron chi connectivity index (χ1n) is 5.98. The fourth-order valence-electron chi connectivity index (χ4n) is 1.45. The molecule has 1 rings (SSSR count). The maximum Gasteiger partial charge on any atom is 0.173 e. The minimum atomic E-state index is -0.0116. The second kappa shape index (κ2) is 7.48. The molecule has 0 atom stereocenters. The van der Waals surface area contributed by atoms with Gasteiger partial charge in [-0.15, -0.1) is 0 Å². The van der Waals surface area contributed by atoms with Crippen LogP contribution in [-0.4, -0.2) is 37.5 Å². The summed E-state index contributed by atoms with van der Waals surface area (Å²) in [6.45, 7) is 4.74. The SMILES string of the molecule is COc1ccc(/C(N)=N/O)c(OCCOC(C)C)c1. The monoisotopic (exact) mass is 268 g/mol. The predicted octanol–water partition coefficient (Wildman–Crippen LogP) is 1.59. The predicted molar refractivity (Wildman–Crippen MR) is 72.1 cm³/mol. The van der Waals surface area contributed by atoms with Crippen molar-refractivity contribution in [2.45, 2.75) is 20.0 Å². The van der Waals surface area contributed by atoms with E-state index in [4.69, 9.17) is 25.2 Å². The number of oxime groups is 1. The molecule has 0 fully saturated rings. The smallest absolute Gasteiger partial charge is 0.173 e. The Hall–Kier alpha value is -1.95. The lowest BCUT2D eigenvalue weighted by Crippen LogP contribution is -2.17. The van der Waals surface area contributed by atoms with E-state index >= 15 is 0 Å². The Kier molecular flexibility index (Phi) is 5.95. The van der Waals surface area contributed by atoms with E-state index in [9.17, 15) is 0 Å². The summed E-state index contributed by atoms with van der Waals surface area (Å²) in [6, 6.07) is 5.07. The molecule has 0 aliphatic carbocycles. The van der Waals surface area contributed by atoms with Gasteiger partial charge in [-0.2, -0.15) is 0 Å². The van der Waals surface area contributed by atoms with Gasteiger partial charge in [-0.25, -0.2) is 0 Å². The van der Waals surface area contributed by atoms with Crippen LogP contribution in [0.4, 0.5) is 0 Å². The van der Waals surface area contributed by atoms with Crippen molar-refractivity contribution in [3.63, 3.8) is 0 Å². The highest BCUT2D eigenvalue weighted by molar-refractivity contribution is 5.99. The molecule has 1 aromatic carbocycles. The summed E-state index contributed by atoms with van der Waals surface area (Å²) >= 11 is 0. The molecule has 106 valence electrons. The van der Waals surface area contributed by atoms with Crippen molar-refractivity contribution in [1.82, 2.24) is 0 Å². The second-order valence-corrected chi connectivity index (χ2v) is 4.12. The van der Waals surface area contributed by atoms with E-state index in [-0.39, 0.29) is 11.9 Å². The molecule has 6 heteroatoms. The van der Waals surface area contributed by atoms with Crippen LogP contribution in [0.1, 0.15) is 19.4 Å². The molecule has 0 spiro atoms. The van der Waals surface area contributed by atoms with Gasteiger partial charge < -0.3 is 25.2 Å². The first-order valence-corrected chi connectivity index (χ1v) is 5.98. The quantitative estimate of drug-likeness (QED) is 0.258. The molecule has 0 aliphatic heterocycles. The van der Waals surface area contributed by atoms with E-state index in [0.717, 1.165) is 0 Å². The zero-order valence-corrected chi connectivity index (χ0v) is 11.4. The Labute approximate surface area is 112 Å². The highest BCUT2D eigenvalue weighted by atomic mass is 16.5. The Morgan fingerprint density at radius 3 is 2.68 bits per heavy atom. The summed E-state index contributed by atoms with van der Waals surface area (Å²) in [5.41, 5.74) is 6.09. The molecule has 19 heavy (non-hydrogen) atoms.